The maximum Gasteiger partial charge on any atom is 0.228 e. The minimum absolute atomic E-state index is 0.0609. The molecule has 1 fully saturated rings. The Morgan fingerprint density at radius 3 is 2.58 bits per heavy atom. The molecule has 4 aromatic rings. The number of nitrogens with zero attached hydrogens (tertiary/aromatic N) is 6. The molecule has 0 bridgehead atoms. The fourth-order valence-corrected chi connectivity index (χ4v) is 4.91. The second-order valence-electron chi connectivity index (χ2n) is 9.29. The van der Waals surface area contributed by atoms with Crippen LogP contribution in [0.25, 0.3) is 22.0 Å². The van der Waals surface area contributed by atoms with Crippen LogP contribution in [0, 0.1) is 18.6 Å². The summed E-state index contributed by atoms with van der Waals surface area (Å²) in [6.07, 6.45) is 8.62. The molecule has 5 rings (SSSR count). The van der Waals surface area contributed by atoms with Crippen molar-refractivity contribution in [2.75, 3.05) is 34.8 Å². The van der Waals surface area contributed by atoms with Gasteiger partial charge >= 0.3 is 0 Å². The van der Waals surface area contributed by atoms with E-state index in [1.165, 1.54) is 12.4 Å². The molecule has 0 radical (unpaired) electrons. The van der Waals surface area contributed by atoms with Crippen molar-refractivity contribution >= 4 is 39.8 Å². The number of halogens is 2. The fraction of sp³-hybridized carbons (Fsp3) is 0.321. The molecule has 4 heterocycles. The summed E-state index contributed by atoms with van der Waals surface area (Å²) in [7, 11) is 0. The maximum absolute atomic E-state index is 15.3. The third kappa shape index (κ3) is 4.73. The van der Waals surface area contributed by atoms with Gasteiger partial charge in [-0.05, 0) is 26.7 Å². The predicted molar refractivity (Wildman–Crippen MR) is 145 cm³/mol. The second kappa shape index (κ2) is 10.6. The number of nitrogens with one attached hydrogen (secondary N) is 1. The van der Waals surface area contributed by atoms with Crippen LogP contribution in [0.1, 0.15) is 38.7 Å². The van der Waals surface area contributed by atoms with Crippen molar-refractivity contribution in [3.8, 4) is 11.1 Å². The van der Waals surface area contributed by atoms with Crippen molar-refractivity contribution in [3.63, 3.8) is 0 Å². The van der Waals surface area contributed by atoms with E-state index in [1.807, 2.05) is 6.07 Å². The number of amides is 1. The molecule has 0 aliphatic carbocycles. The van der Waals surface area contributed by atoms with Crippen LogP contribution in [0.3, 0.4) is 0 Å². The highest BCUT2D eigenvalue weighted by Crippen LogP contribution is 2.40. The number of rotatable bonds is 8. The molecule has 1 N–H and O–H groups in total. The van der Waals surface area contributed by atoms with Crippen LogP contribution in [0.2, 0.25) is 0 Å². The topological polar surface area (TPSA) is 87.1 Å². The Hall–Kier alpha value is -4.21. The van der Waals surface area contributed by atoms with Gasteiger partial charge in [-0.2, -0.15) is 0 Å². The lowest BCUT2D eigenvalue weighted by Gasteiger charge is -2.25. The molecule has 0 saturated carbocycles. The molecule has 38 heavy (non-hydrogen) atoms. The molecule has 1 aliphatic rings. The molecule has 196 valence electrons. The van der Waals surface area contributed by atoms with Crippen molar-refractivity contribution in [1.82, 2.24) is 19.9 Å². The van der Waals surface area contributed by atoms with Gasteiger partial charge in [0.15, 0.2) is 0 Å². The van der Waals surface area contributed by atoms with E-state index in [1.54, 1.807) is 30.4 Å². The molecule has 0 unspecified atom stereocenters. The van der Waals surface area contributed by atoms with Crippen molar-refractivity contribution in [3.05, 3.63) is 60.3 Å². The number of benzene rings is 1. The number of pyridine rings is 2. The summed E-state index contributed by atoms with van der Waals surface area (Å²) >= 11 is 0. The molecule has 0 atom stereocenters. The lowest BCUT2D eigenvalue weighted by Crippen LogP contribution is -2.26. The lowest BCUT2D eigenvalue weighted by atomic mass is 10.0. The number of anilines is 4. The average molecular weight is 518 g/mol. The van der Waals surface area contributed by atoms with Gasteiger partial charge in [-0.15, -0.1) is 0 Å². The zero-order chi connectivity index (χ0) is 26.8. The van der Waals surface area contributed by atoms with Crippen molar-refractivity contribution in [2.45, 2.75) is 40.0 Å². The molecular weight excluding hydrogens is 488 g/mol. The Morgan fingerprint density at radius 1 is 1.11 bits per heavy atom. The van der Waals surface area contributed by atoms with Crippen LogP contribution in [-0.4, -0.2) is 45.5 Å². The lowest BCUT2D eigenvalue weighted by molar-refractivity contribution is -0.117. The van der Waals surface area contributed by atoms with Crippen LogP contribution in [0.4, 0.5) is 31.8 Å². The Morgan fingerprint density at radius 2 is 1.89 bits per heavy atom. The highest BCUT2D eigenvalue weighted by Gasteiger charge is 2.28. The molecule has 8 nitrogen and oxygen atoms in total. The summed E-state index contributed by atoms with van der Waals surface area (Å²) in [5.74, 6) is -0.378. The minimum atomic E-state index is -0.738. The first-order chi connectivity index (χ1) is 18.4. The van der Waals surface area contributed by atoms with Gasteiger partial charge in [-0.25, -0.2) is 28.7 Å². The van der Waals surface area contributed by atoms with E-state index in [2.05, 4.69) is 39.0 Å². The van der Waals surface area contributed by atoms with Crippen molar-refractivity contribution in [2.24, 2.45) is 0 Å². The molecule has 3 aromatic heterocycles. The summed E-state index contributed by atoms with van der Waals surface area (Å²) in [5.41, 5.74) is 3.23. The Labute approximate surface area is 219 Å². The van der Waals surface area contributed by atoms with Gasteiger partial charge in [0.1, 0.15) is 29.6 Å². The van der Waals surface area contributed by atoms with Gasteiger partial charge in [0.25, 0.3) is 0 Å². The summed E-state index contributed by atoms with van der Waals surface area (Å²) in [6.45, 7) is 8.05. The molecule has 10 heteroatoms. The third-order valence-corrected chi connectivity index (χ3v) is 6.77. The highest BCUT2D eigenvalue weighted by atomic mass is 19.1. The fourth-order valence-electron chi connectivity index (χ4n) is 4.91. The largest absolute Gasteiger partial charge is 0.357 e. The molecule has 1 amide bonds. The standard InChI is InChI=1S/C28H29F2N7O/c1-4-8-36(5-2)24-12-22(20(15-33-24)18-13-31-16-32-14-18)34-27-17(3)28(37-9-6-7-25(37)38)35-23-11-19(29)10-21(30)26(23)27/h10-16H,4-9H2,1-3H3,(H,33,34,35). The predicted octanol–water partition coefficient (Wildman–Crippen LogP) is 5.78. The molecular formula is C28H29F2N7O. The van der Waals surface area contributed by atoms with Crippen LogP contribution >= 0.6 is 0 Å². The SMILES string of the molecule is CCCN(CC)c1cc(Nc2c(C)c(N3CCCC3=O)nc3cc(F)cc(F)c23)c(-c2cncnc2)cn1. The van der Waals surface area contributed by atoms with Crippen molar-refractivity contribution < 1.29 is 13.6 Å². The first-order valence-corrected chi connectivity index (χ1v) is 12.8. The zero-order valence-electron chi connectivity index (χ0n) is 21.6. The average Bonchev–Trinajstić information content (AvgIpc) is 3.34. The Kier molecular flexibility index (Phi) is 7.13. The molecule has 0 spiro atoms. The number of fused-ring (bicyclic) bond motifs is 1. The third-order valence-electron chi connectivity index (χ3n) is 6.77. The highest BCUT2D eigenvalue weighted by molar-refractivity contribution is 6.03. The first kappa shape index (κ1) is 25.4. The number of hydrogen-bond acceptors (Lipinski definition) is 7. The number of carbonyl (C=O) groups is 1. The van der Waals surface area contributed by atoms with E-state index in [-0.39, 0.29) is 16.8 Å². The summed E-state index contributed by atoms with van der Waals surface area (Å²) in [6, 6.07) is 3.95. The number of aromatic nitrogens is 4. The van der Waals surface area contributed by atoms with E-state index in [0.717, 1.165) is 37.0 Å². The molecule has 1 aromatic carbocycles. The second-order valence-corrected chi connectivity index (χ2v) is 9.29. The van der Waals surface area contributed by atoms with Crippen LogP contribution in [0.5, 0.6) is 0 Å². The summed E-state index contributed by atoms with van der Waals surface area (Å²) in [5, 5.41) is 3.57. The number of carbonyl (C=O) groups excluding carboxylic acids is 1. The van der Waals surface area contributed by atoms with Gasteiger partial charge in [0.05, 0.1) is 22.3 Å². The molecule has 1 aliphatic heterocycles. The quantitative estimate of drug-likeness (QED) is 0.317. The summed E-state index contributed by atoms with van der Waals surface area (Å²) < 4.78 is 29.6. The molecule has 1 saturated heterocycles. The summed E-state index contributed by atoms with van der Waals surface area (Å²) in [4.78, 5) is 33.9. The van der Waals surface area contributed by atoms with Crippen molar-refractivity contribution in [1.29, 1.82) is 0 Å². The number of hydrogen-bond donors (Lipinski definition) is 1. The first-order valence-electron chi connectivity index (χ1n) is 12.8. The monoisotopic (exact) mass is 517 g/mol. The van der Waals surface area contributed by atoms with Gasteiger partial charge in [-0.3, -0.25) is 9.69 Å². The van der Waals surface area contributed by atoms with Gasteiger partial charge < -0.3 is 10.2 Å². The van der Waals surface area contributed by atoms with E-state index >= 15 is 4.39 Å². The Bertz CT molecular complexity index is 1500. The maximum atomic E-state index is 15.3. The van der Waals surface area contributed by atoms with Gasteiger partial charge in [-0.1, -0.05) is 6.92 Å². The minimum Gasteiger partial charge on any atom is -0.357 e. The smallest absolute Gasteiger partial charge is 0.228 e. The van der Waals surface area contributed by atoms with E-state index in [9.17, 15) is 9.18 Å². The van der Waals surface area contributed by atoms with Crippen LogP contribution < -0.4 is 15.1 Å². The van der Waals surface area contributed by atoms with E-state index in [4.69, 9.17) is 4.98 Å². The van der Waals surface area contributed by atoms with Gasteiger partial charge in [0, 0.05) is 79.5 Å². The Balaban J connectivity index is 1.73. The van der Waals surface area contributed by atoms with E-state index < -0.39 is 11.6 Å². The van der Waals surface area contributed by atoms with Crippen LogP contribution in [-0.2, 0) is 4.79 Å². The normalized spacial score (nSPS) is 13.4. The van der Waals surface area contributed by atoms with Crippen LogP contribution in [0.15, 0.2) is 43.1 Å². The van der Waals surface area contributed by atoms with Gasteiger partial charge in [0.2, 0.25) is 5.91 Å². The van der Waals surface area contributed by atoms with E-state index in [0.29, 0.717) is 47.7 Å². The zero-order valence-corrected chi connectivity index (χ0v) is 21.6.